The molecule has 5 nitrogen and oxygen atoms in total. The Morgan fingerprint density at radius 2 is 1.97 bits per heavy atom. The minimum Gasteiger partial charge on any atom is -0.507 e. The average Bonchev–Trinajstić information content (AvgIpc) is 3.42. The van der Waals surface area contributed by atoms with Crippen LogP contribution in [-0.2, 0) is 16.0 Å². The maximum Gasteiger partial charge on any atom is 0.300 e. The first kappa shape index (κ1) is 20.4. The lowest BCUT2D eigenvalue weighted by atomic mass is 9.97. The van der Waals surface area contributed by atoms with E-state index >= 15 is 0 Å². The van der Waals surface area contributed by atoms with Gasteiger partial charge in [-0.3, -0.25) is 14.5 Å². The van der Waals surface area contributed by atoms with Crippen LogP contribution < -0.4 is 9.64 Å². The van der Waals surface area contributed by atoms with E-state index in [1.807, 2.05) is 0 Å². The van der Waals surface area contributed by atoms with Crippen LogP contribution >= 0.6 is 11.3 Å². The van der Waals surface area contributed by atoms with Crippen LogP contribution in [0.4, 0.5) is 14.5 Å². The number of ketones is 1. The molecule has 0 spiro atoms. The van der Waals surface area contributed by atoms with Crippen molar-refractivity contribution in [2.24, 2.45) is 0 Å². The summed E-state index contributed by atoms with van der Waals surface area (Å²) >= 11 is 1.24. The summed E-state index contributed by atoms with van der Waals surface area (Å²) < 4.78 is 34.1. The Morgan fingerprint density at radius 3 is 2.75 bits per heavy atom. The second kappa shape index (κ2) is 7.87. The summed E-state index contributed by atoms with van der Waals surface area (Å²) in [5.74, 6) is -3.24. The van der Waals surface area contributed by atoms with Crippen molar-refractivity contribution in [3.05, 3.63) is 87.1 Å². The molecule has 0 bridgehead atoms. The smallest absolute Gasteiger partial charge is 0.300 e. The molecule has 162 valence electrons. The lowest BCUT2D eigenvalue weighted by Crippen LogP contribution is -2.30. The number of nitrogens with zero attached hydrogens (tertiary/aromatic N) is 1. The number of aliphatic hydroxyl groups is 1. The molecular formula is C24H17F2NO4S. The fourth-order valence-corrected chi connectivity index (χ4v) is 4.95. The summed E-state index contributed by atoms with van der Waals surface area (Å²) in [5.41, 5.74) is 0.716. The molecule has 1 fully saturated rings. The van der Waals surface area contributed by atoms with E-state index in [0.717, 1.165) is 41.5 Å². The van der Waals surface area contributed by atoms with Gasteiger partial charge in [0, 0.05) is 16.5 Å². The predicted octanol–water partition coefficient (Wildman–Crippen LogP) is 4.98. The third-order valence-corrected chi connectivity index (χ3v) is 6.53. The van der Waals surface area contributed by atoms with E-state index in [1.165, 1.54) is 11.3 Å². The summed E-state index contributed by atoms with van der Waals surface area (Å²) in [4.78, 5) is 27.5. The van der Waals surface area contributed by atoms with Crippen molar-refractivity contribution in [3.8, 4) is 5.75 Å². The first-order chi connectivity index (χ1) is 15.5. The summed E-state index contributed by atoms with van der Waals surface area (Å²) in [5, 5.41) is 12.9. The molecule has 3 aromatic rings. The van der Waals surface area contributed by atoms with Gasteiger partial charge < -0.3 is 9.84 Å². The van der Waals surface area contributed by atoms with Gasteiger partial charge in [0.25, 0.3) is 11.7 Å². The van der Waals surface area contributed by atoms with Crippen LogP contribution in [-0.4, -0.2) is 23.4 Å². The van der Waals surface area contributed by atoms with Crippen LogP contribution in [0.2, 0.25) is 0 Å². The second-order valence-electron chi connectivity index (χ2n) is 7.55. The van der Waals surface area contributed by atoms with Crippen LogP contribution in [0.25, 0.3) is 5.76 Å². The fraction of sp³-hybridized carbons (Fsp3) is 0.167. The third kappa shape index (κ3) is 3.27. The topological polar surface area (TPSA) is 66.8 Å². The fourth-order valence-electron chi connectivity index (χ4n) is 4.13. The molecule has 32 heavy (non-hydrogen) atoms. The zero-order valence-corrected chi connectivity index (χ0v) is 17.5. The van der Waals surface area contributed by atoms with Gasteiger partial charge in [0.1, 0.15) is 29.2 Å². The average molecular weight is 453 g/mol. The maximum absolute atomic E-state index is 14.6. The zero-order chi connectivity index (χ0) is 22.4. The number of rotatable bonds is 3. The second-order valence-corrected chi connectivity index (χ2v) is 8.53. The molecule has 0 saturated carbocycles. The van der Waals surface area contributed by atoms with Crippen molar-refractivity contribution in [3.63, 3.8) is 0 Å². The number of fused-ring (bicyclic) bond motifs is 1. The number of amides is 1. The predicted molar refractivity (Wildman–Crippen MR) is 116 cm³/mol. The van der Waals surface area contributed by atoms with Crippen LogP contribution in [0.5, 0.6) is 5.75 Å². The SMILES string of the molecule is O=C1C(=O)N(c2cc(F)ccc2F)C(c2cccs2)/C1=C(/O)c1ccc2c(c1)CCCO2. The number of thiophene rings is 1. The third-order valence-electron chi connectivity index (χ3n) is 5.61. The van der Waals surface area contributed by atoms with Gasteiger partial charge >= 0.3 is 0 Å². The van der Waals surface area contributed by atoms with E-state index in [4.69, 9.17) is 4.74 Å². The maximum atomic E-state index is 14.6. The number of halogens is 2. The number of aliphatic hydroxyl groups excluding tert-OH is 1. The van der Waals surface area contributed by atoms with E-state index in [0.29, 0.717) is 22.8 Å². The Balaban J connectivity index is 1.70. The number of Topliss-reactive ketones (excluding diaryl/α,β-unsaturated/α-hetero) is 1. The molecular weight excluding hydrogens is 436 g/mol. The monoisotopic (exact) mass is 453 g/mol. The summed E-state index contributed by atoms with van der Waals surface area (Å²) in [7, 11) is 0. The minimum absolute atomic E-state index is 0.169. The first-order valence-electron chi connectivity index (χ1n) is 10.0. The Hall–Kier alpha value is -3.52. The number of ether oxygens (including phenoxy) is 1. The molecule has 1 unspecified atom stereocenters. The summed E-state index contributed by atoms with van der Waals surface area (Å²) in [6.07, 6.45) is 1.59. The molecule has 2 aliphatic rings. The Morgan fingerprint density at radius 1 is 1.12 bits per heavy atom. The molecule has 3 heterocycles. The van der Waals surface area contributed by atoms with E-state index in [1.54, 1.807) is 35.7 Å². The van der Waals surface area contributed by atoms with Crippen LogP contribution in [0, 0.1) is 11.6 Å². The molecule has 2 aromatic carbocycles. The first-order valence-corrected chi connectivity index (χ1v) is 10.9. The normalized spacial score (nSPS) is 19.7. The van der Waals surface area contributed by atoms with Crippen molar-refractivity contribution in [2.45, 2.75) is 18.9 Å². The molecule has 1 atom stereocenters. The number of aryl methyl sites for hydroxylation is 1. The highest BCUT2D eigenvalue weighted by molar-refractivity contribution is 7.10. The number of carbonyl (C=O) groups excluding carboxylic acids is 2. The number of anilines is 1. The lowest BCUT2D eigenvalue weighted by Gasteiger charge is -2.24. The van der Waals surface area contributed by atoms with Gasteiger partial charge in [-0.05, 0) is 60.2 Å². The number of benzene rings is 2. The van der Waals surface area contributed by atoms with Gasteiger partial charge in [0.05, 0.1) is 17.9 Å². The largest absolute Gasteiger partial charge is 0.507 e. The highest BCUT2D eigenvalue weighted by Gasteiger charge is 2.48. The van der Waals surface area contributed by atoms with E-state index in [2.05, 4.69) is 0 Å². The molecule has 1 amide bonds. The van der Waals surface area contributed by atoms with Crippen molar-refractivity contribution in [2.75, 3.05) is 11.5 Å². The van der Waals surface area contributed by atoms with Crippen molar-refractivity contribution < 1.29 is 28.2 Å². The van der Waals surface area contributed by atoms with Crippen molar-refractivity contribution in [1.29, 1.82) is 0 Å². The number of carbonyl (C=O) groups is 2. The molecule has 8 heteroatoms. The van der Waals surface area contributed by atoms with Crippen molar-refractivity contribution in [1.82, 2.24) is 0 Å². The quantitative estimate of drug-likeness (QED) is 0.345. The van der Waals surface area contributed by atoms with Gasteiger partial charge in [-0.1, -0.05) is 6.07 Å². The van der Waals surface area contributed by atoms with Gasteiger partial charge in [-0.2, -0.15) is 0 Å². The highest BCUT2D eigenvalue weighted by Crippen LogP contribution is 2.44. The molecule has 5 rings (SSSR count). The van der Waals surface area contributed by atoms with E-state index in [-0.39, 0.29) is 17.0 Å². The van der Waals surface area contributed by atoms with Gasteiger partial charge in [-0.25, -0.2) is 8.78 Å². The van der Waals surface area contributed by atoms with Crippen LogP contribution in [0.3, 0.4) is 0 Å². The standard InChI is InChI=1S/C24H17F2NO4S/c25-15-6-7-16(26)17(12-15)27-21(19-4-2-10-32-19)20(23(29)24(27)30)22(28)14-5-8-18-13(11-14)3-1-9-31-18/h2,4-8,10-12,21,28H,1,3,9H2/b22-20-. The van der Waals surface area contributed by atoms with Gasteiger partial charge in [0.2, 0.25) is 0 Å². The zero-order valence-electron chi connectivity index (χ0n) is 16.7. The Labute approximate surface area is 186 Å². The molecule has 2 aliphatic heterocycles. The summed E-state index contributed by atoms with van der Waals surface area (Å²) in [6, 6.07) is 10.1. The summed E-state index contributed by atoms with van der Waals surface area (Å²) in [6.45, 7) is 0.612. The van der Waals surface area contributed by atoms with E-state index in [9.17, 15) is 23.5 Å². The van der Waals surface area contributed by atoms with Gasteiger partial charge in [0.15, 0.2) is 0 Å². The number of hydrogen-bond acceptors (Lipinski definition) is 5. The van der Waals surface area contributed by atoms with Crippen LogP contribution in [0.15, 0.2) is 59.5 Å². The molecule has 1 aromatic heterocycles. The molecule has 1 N–H and O–H groups in total. The Bertz CT molecular complexity index is 1270. The van der Waals surface area contributed by atoms with Gasteiger partial charge in [-0.15, -0.1) is 11.3 Å². The Kier molecular flexibility index (Phi) is 5.01. The number of hydrogen-bond donors (Lipinski definition) is 1. The minimum atomic E-state index is -1.08. The van der Waals surface area contributed by atoms with Crippen molar-refractivity contribution >= 4 is 34.5 Å². The molecule has 1 saturated heterocycles. The van der Waals surface area contributed by atoms with Crippen LogP contribution in [0.1, 0.15) is 28.5 Å². The molecule has 0 aliphatic carbocycles. The molecule has 0 radical (unpaired) electrons. The lowest BCUT2D eigenvalue weighted by molar-refractivity contribution is -0.132. The van der Waals surface area contributed by atoms with E-state index < -0.39 is 29.4 Å². The highest BCUT2D eigenvalue weighted by atomic mass is 32.1.